The molecule has 0 fully saturated rings. The Morgan fingerprint density at radius 3 is 2.76 bits per heavy atom. The van der Waals surface area contributed by atoms with E-state index in [0.29, 0.717) is 32.6 Å². The second-order valence-corrected chi connectivity index (χ2v) is 5.56. The van der Waals surface area contributed by atoms with Gasteiger partial charge in [-0.3, -0.25) is 14.9 Å². The van der Waals surface area contributed by atoms with E-state index in [1.54, 1.807) is 13.8 Å². The fourth-order valence-electron chi connectivity index (χ4n) is 2.28. The molecule has 8 nitrogen and oxygen atoms in total. The lowest BCUT2D eigenvalue weighted by molar-refractivity contribution is 0.101. The molecule has 0 saturated carbocycles. The molecule has 3 rings (SSSR count). The van der Waals surface area contributed by atoms with E-state index in [9.17, 15) is 9.59 Å². The molecular weight excluding hydrogens is 292 g/mol. The van der Waals surface area contributed by atoms with Crippen LogP contribution in [0.3, 0.4) is 0 Å². The third-order valence-corrected chi connectivity index (χ3v) is 3.95. The number of aromatic nitrogens is 5. The Bertz CT molecular complexity index is 830. The van der Waals surface area contributed by atoms with Crippen molar-refractivity contribution in [2.24, 2.45) is 0 Å². The van der Waals surface area contributed by atoms with Crippen LogP contribution in [0, 0.1) is 13.8 Å². The van der Waals surface area contributed by atoms with Crippen molar-refractivity contribution in [2.45, 2.75) is 20.8 Å². The van der Waals surface area contributed by atoms with Crippen molar-refractivity contribution >= 4 is 33.1 Å². The molecular formula is C12H12N6O2S. The summed E-state index contributed by atoms with van der Waals surface area (Å²) in [5.41, 5.74) is 2.24. The molecule has 3 aromatic rings. The van der Waals surface area contributed by atoms with Crippen molar-refractivity contribution in [1.82, 2.24) is 24.8 Å². The molecule has 0 radical (unpaired) electrons. The zero-order chi connectivity index (χ0) is 15.1. The predicted molar refractivity (Wildman–Crippen MR) is 76.9 cm³/mol. The first-order valence-corrected chi connectivity index (χ1v) is 6.97. The Labute approximate surface area is 123 Å². The third kappa shape index (κ3) is 2.21. The summed E-state index contributed by atoms with van der Waals surface area (Å²) < 4.78 is 1.48. The molecule has 0 atom stereocenters. The molecule has 3 aromatic heterocycles. The number of Topliss-reactive ketones (excluding diaryl/α,β-unsaturated/α-hetero) is 1. The second kappa shape index (κ2) is 4.77. The van der Waals surface area contributed by atoms with E-state index < -0.39 is 0 Å². The molecule has 2 N–H and O–H groups in total. The van der Waals surface area contributed by atoms with E-state index >= 15 is 0 Å². The van der Waals surface area contributed by atoms with Gasteiger partial charge in [0.05, 0.1) is 0 Å². The second-order valence-electron chi connectivity index (χ2n) is 4.60. The van der Waals surface area contributed by atoms with Crippen molar-refractivity contribution in [3.05, 3.63) is 28.8 Å². The van der Waals surface area contributed by atoms with E-state index in [1.165, 1.54) is 29.1 Å². The standard InChI is InChI=1S/C12H12N6O2S/c1-5-8(7(3)19)6(2)14-9(5)10(20)15-11-17-18-4-13-16-12(18)21-11/h4,14H,1-3H3,(H,15,17,20). The number of carbonyl (C=O) groups is 2. The van der Waals surface area contributed by atoms with Crippen molar-refractivity contribution in [2.75, 3.05) is 5.32 Å². The van der Waals surface area contributed by atoms with Gasteiger partial charge in [-0.15, -0.1) is 15.3 Å². The Kier molecular flexibility index (Phi) is 3.05. The smallest absolute Gasteiger partial charge is 0.274 e. The normalized spacial score (nSPS) is 11.0. The number of ketones is 1. The Morgan fingerprint density at radius 1 is 1.38 bits per heavy atom. The highest BCUT2D eigenvalue weighted by atomic mass is 32.1. The zero-order valence-electron chi connectivity index (χ0n) is 11.6. The lowest BCUT2D eigenvalue weighted by Gasteiger charge is -2.00. The highest BCUT2D eigenvalue weighted by molar-refractivity contribution is 7.20. The molecule has 3 heterocycles. The maximum atomic E-state index is 12.3. The molecule has 0 bridgehead atoms. The number of hydrogen-bond acceptors (Lipinski definition) is 6. The van der Waals surface area contributed by atoms with Gasteiger partial charge in [-0.25, -0.2) is 0 Å². The fourth-order valence-corrected chi connectivity index (χ4v) is 2.99. The third-order valence-electron chi connectivity index (χ3n) is 3.12. The topological polar surface area (TPSA) is 105 Å². The molecule has 0 aliphatic carbocycles. The molecule has 9 heteroatoms. The van der Waals surface area contributed by atoms with Crippen LogP contribution in [0.15, 0.2) is 6.33 Å². The van der Waals surface area contributed by atoms with Crippen LogP contribution in [0.5, 0.6) is 0 Å². The monoisotopic (exact) mass is 304 g/mol. The number of amides is 1. The quantitative estimate of drug-likeness (QED) is 0.715. The Balaban J connectivity index is 1.90. The van der Waals surface area contributed by atoms with Gasteiger partial charge < -0.3 is 4.98 Å². The van der Waals surface area contributed by atoms with Crippen LogP contribution in [-0.2, 0) is 0 Å². The van der Waals surface area contributed by atoms with Gasteiger partial charge in [-0.1, -0.05) is 11.3 Å². The van der Waals surface area contributed by atoms with Gasteiger partial charge in [0, 0.05) is 11.3 Å². The summed E-state index contributed by atoms with van der Waals surface area (Å²) in [6.07, 6.45) is 1.46. The first-order valence-electron chi connectivity index (χ1n) is 6.15. The Hall–Kier alpha value is -2.55. The molecule has 0 aromatic carbocycles. The molecule has 0 unspecified atom stereocenters. The Morgan fingerprint density at radius 2 is 2.14 bits per heavy atom. The van der Waals surface area contributed by atoms with Crippen LogP contribution < -0.4 is 5.32 Å². The summed E-state index contributed by atoms with van der Waals surface area (Å²) in [7, 11) is 0. The van der Waals surface area contributed by atoms with E-state index in [1.807, 2.05) is 0 Å². The van der Waals surface area contributed by atoms with Gasteiger partial charge in [0.15, 0.2) is 5.78 Å². The number of aromatic amines is 1. The van der Waals surface area contributed by atoms with E-state index in [0.717, 1.165) is 0 Å². The molecule has 108 valence electrons. The van der Waals surface area contributed by atoms with E-state index in [2.05, 4.69) is 25.6 Å². The highest BCUT2D eigenvalue weighted by Crippen LogP contribution is 2.21. The average Bonchev–Trinajstić information content (AvgIpc) is 3.02. The zero-order valence-corrected chi connectivity index (χ0v) is 12.4. The largest absolute Gasteiger partial charge is 0.354 e. The minimum absolute atomic E-state index is 0.0703. The number of rotatable bonds is 3. The van der Waals surface area contributed by atoms with Crippen LogP contribution in [0.2, 0.25) is 0 Å². The molecule has 0 aliphatic rings. The summed E-state index contributed by atoms with van der Waals surface area (Å²) in [6.45, 7) is 4.99. The average molecular weight is 304 g/mol. The molecule has 1 amide bonds. The van der Waals surface area contributed by atoms with Gasteiger partial charge >= 0.3 is 0 Å². The maximum absolute atomic E-state index is 12.3. The molecule has 0 spiro atoms. The van der Waals surface area contributed by atoms with Crippen LogP contribution in [-0.4, -0.2) is 36.5 Å². The van der Waals surface area contributed by atoms with Crippen LogP contribution in [0.1, 0.15) is 39.0 Å². The first kappa shape index (κ1) is 13.4. The van der Waals surface area contributed by atoms with Crippen molar-refractivity contribution in [1.29, 1.82) is 0 Å². The van der Waals surface area contributed by atoms with Gasteiger partial charge in [-0.05, 0) is 26.3 Å². The molecule has 0 saturated heterocycles. The summed E-state index contributed by atoms with van der Waals surface area (Å²) in [5, 5.41) is 14.8. The minimum atomic E-state index is -0.340. The van der Waals surface area contributed by atoms with Crippen molar-refractivity contribution < 1.29 is 9.59 Å². The maximum Gasteiger partial charge on any atom is 0.274 e. The van der Waals surface area contributed by atoms with Gasteiger partial charge in [0.25, 0.3) is 5.91 Å². The number of fused-ring (bicyclic) bond motifs is 1. The van der Waals surface area contributed by atoms with Crippen LogP contribution in [0.25, 0.3) is 4.96 Å². The number of hydrogen-bond donors (Lipinski definition) is 2. The van der Waals surface area contributed by atoms with Gasteiger partial charge in [0.1, 0.15) is 12.0 Å². The summed E-state index contributed by atoms with van der Waals surface area (Å²) in [4.78, 5) is 27.4. The minimum Gasteiger partial charge on any atom is -0.354 e. The lowest BCUT2D eigenvalue weighted by Crippen LogP contribution is -2.14. The van der Waals surface area contributed by atoms with E-state index in [-0.39, 0.29) is 11.7 Å². The number of nitrogens with one attached hydrogen (secondary N) is 2. The lowest BCUT2D eigenvalue weighted by atomic mass is 10.1. The van der Waals surface area contributed by atoms with Crippen LogP contribution >= 0.6 is 11.3 Å². The summed E-state index contributed by atoms with van der Waals surface area (Å²) in [6, 6.07) is 0. The first-order chi connectivity index (χ1) is 9.97. The van der Waals surface area contributed by atoms with Crippen LogP contribution in [0.4, 0.5) is 5.13 Å². The summed E-state index contributed by atoms with van der Waals surface area (Å²) in [5.74, 6) is -0.410. The SMILES string of the molecule is CC(=O)c1c(C)[nH]c(C(=O)Nc2nn3cnnc3s2)c1C. The van der Waals surface area contributed by atoms with Gasteiger partial charge in [-0.2, -0.15) is 4.52 Å². The number of H-pyrrole nitrogens is 1. The van der Waals surface area contributed by atoms with Gasteiger partial charge in [0.2, 0.25) is 10.1 Å². The van der Waals surface area contributed by atoms with E-state index in [4.69, 9.17) is 0 Å². The fraction of sp³-hybridized carbons (Fsp3) is 0.250. The molecule has 21 heavy (non-hydrogen) atoms. The molecule has 0 aliphatic heterocycles. The summed E-state index contributed by atoms with van der Waals surface area (Å²) >= 11 is 1.22. The number of nitrogens with zero attached hydrogens (tertiary/aromatic N) is 4. The number of anilines is 1. The van der Waals surface area contributed by atoms with Crippen molar-refractivity contribution in [3.8, 4) is 0 Å². The predicted octanol–water partition coefficient (Wildman–Crippen LogP) is 1.59. The number of carbonyl (C=O) groups excluding carboxylic acids is 2. The number of aryl methyl sites for hydroxylation is 1. The highest BCUT2D eigenvalue weighted by Gasteiger charge is 2.20. The van der Waals surface area contributed by atoms with Crippen molar-refractivity contribution in [3.63, 3.8) is 0 Å².